The van der Waals surface area contributed by atoms with E-state index in [0.29, 0.717) is 27.6 Å². The van der Waals surface area contributed by atoms with Gasteiger partial charge < -0.3 is 13.9 Å². The maximum Gasteiger partial charge on any atom is 0.145 e. The highest BCUT2D eigenvalue weighted by Crippen LogP contribution is 2.47. The summed E-state index contributed by atoms with van der Waals surface area (Å²) in [6.45, 7) is 0. The second kappa shape index (κ2) is 13.4. The van der Waals surface area contributed by atoms with Gasteiger partial charge in [0.1, 0.15) is 11.2 Å². The molecule has 0 unspecified atom stereocenters. The van der Waals surface area contributed by atoms with Crippen molar-refractivity contribution >= 4 is 82.4 Å². The highest BCUT2D eigenvalue weighted by atomic mass is 16.3. The van der Waals surface area contributed by atoms with Crippen LogP contribution in [-0.2, 0) is 0 Å². The first-order chi connectivity index (χ1) is 36.8. The zero-order valence-electron chi connectivity index (χ0n) is 48.7. The zero-order valence-corrected chi connectivity index (χ0v) is 30.7. The fourth-order valence-electron chi connectivity index (χ4n) is 8.15. The predicted octanol–water partition coefficient (Wildman–Crippen LogP) is 15.8. The van der Waals surface area contributed by atoms with Crippen LogP contribution in [0.25, 0.3) is 93.2 Å². The van der Waals surface area contributed by atoms with Crippen LogP contribution in [0.3, 0.4) is 0 Å². The van der Waals surface area contributed by atoms with Gasteiger partial charge in [-0.25, -0.2) is 0 Å². The Labute approximate surface area is 366 Å². The van der Waals surface area contributed by atoms with Crippen LogP contribution < -0.4 is 4.90 Å². The van der Waals surface area contributed by atoms with Crippen molar-refractivity contribution in [1.82, 2.24) is 4.57 Å². The Morgan fingerprint density at radius 1 is 0.458 bits per heavy atom. The first kappa shape index (κ1) is 20.0. The van der Waals surface area contributed by atoms with Gasteiger partial charge in [0.2, 0.25) is 0 Å². The van der Waals surface area contributed by atoms with E-state index in [9.17, 15) is 9.60 Å². The topological polar surface area (TPSA) is 21.3 Å². The predicted molar refractivity (Wildman–Crippen MR) is 249 cm³/mol. The molecule has 10 aromatic carbocycles. The van der Waals surface area contributed by atoms with Crippen molar-refractivity contribution in [3.63, 3.8) is 0 Å². The summed E-state index contributed by atoms with van der Waals surface area (Å²) in [4.78, 5) is 1.07. The maximum absolute atomic E-state index is 9.96. The van der Waals surface area contributed by atoms with Crippen LogP contribution >= 0.6 is 0 Å². The first-order valence-corrected chi connectivity index (χ1v) is 18.7. The summed E-state index contributed by atoms with van der Waals surface area (Å²) in [5.74, 6) is 0. The molecule has 0 spiro atoms. The number of furan rings is 1. The molecule has 2 heterocycles. The third kappa shape index (κ3) is 5.29. The molecule has 59 heavy (non-hydrogen) atoms. The minimum atomic E-state index is -0.902. The normalized spacial score (nSPS) is 16.0. The fourth-order valence-corrected chi connectivity index (χ4v) is 8.15. The molecule has 3 heteroatoms. The fraction of sp³-hybridized carbons (Fsp3) is 0. The molecule has 0 amide bonds. The summed E-state index contributed by atoms with van der Waals surface area (Å²) in [6.07, 6.45) is 0. The second-order valence-electron chi connectivity index (χ2n) is 13.9. The number of hydrogen-bond donors (Lipinski definition) is 0. The van der Waals surface area contributed by atoms with Crippen molar-refractivity contribution in [1.29, 1.82) is 0 Å². The van der Waals surface area contributed by atoms with E-state index in [1.807, 2.05) is 78.9 Å². The maximum atomic E-state index is 9.96. The van der Waals surface area contributed by atoms with Crippen LogP contribution in [0, 0.1) is 0 Å². The lowest BCUT2D eigenvalue weighted by molar-refractivity contribution is 0.670. The van der Waals surface area contributed by atoms with Gasteiger partial charge in [-0.2, -0.15) is 0 Å². The Morgan fingerprint density at radius 2 is 1.10 bits per heavy atom. The van der Waals surface area contributed by atoms with Gasteiger partial charge in [-0.3, -0.25) is 0 Å². The number of aromatic nitrogens is 1. The molecule has 0 N–H and O–H groups in total. The van der Waals surface area contributed by atoms with Crippen molar-refractivity contribution in [2.45, 2.75) is 0 Å². The summed E-state index contributed by atoms with van der Waals surface area (Å²) >= 11 is 0. The van der Waals surface area contributed by atoms with Crippen molar-refractivity contribution < 1.29 is 29.1 Å². The third-order valence-corrected chi connectivity index (χ3v) is 10.7. The van der Waals surface area contributed by atoms with E-state index in [2.05, 4.69) is 4.57 Å². The average Bonchev–Trinajstić information content (AvgIpc) is 4.15. The molecule has 0 saturated carbocycles. The van der Waals surface area contributed by atoms with Crippen LogP contribution in [-0.4, -0.2) is 4.57 Å². The lowest BCUT2D eigenvalue weighted by Gasteiger charge is -2.28. The Balaban J connectivity index is 1.22. The summed E-state index contributed by atoms with van der Waals surface area (Å²) in [6, 6.07) is 19.5. The standard InChI is InChI=1S/C56H36N2O/c1-2-17-40(18-3-1)57(41-31-29-37(30-32-41)50-36-38-15-4-5-20-43(38)44-21-6-7-22-45(44)50)53-34-33-49-48-25-10-13-28-54(48)59-56(49)55(53)39-16-14-19-42(35-39)58-51-26-11-8-23-46(51)47-24-9-12-27-52(47)58/h1-36H/i1D,2D,3D,4D,5D,6D,7D,15D,17D,18D,20D,21D,22D,29D,30D,31D,32D,36D. The quantitative estimate of drug-likeness (QED) is 0.157. The first-order valence-electron chi connectivity index (χ1n) is 27.7. The molecule has 2 aromatic heterocycles. The van der Waals surface area contributed by atoms with E-state index >= 15 is 0 Å². The highest BCUT2D eigenvalue weighted by molar-refractivity contribution is 6.15. The summed E-state index contributed by atoms with van der Waals surface area (Å²) in [5, 5.41) is 1.42. The Morgan fingerprint density at radius 3 is 1.88 bits per heavy atom. The van der Waals surface area contributed by atoms with E-state index in [4.69, 9.17) is 19.5 Å². The number of benzene rings is 10. The van der Waals surface area contributed by atoms with Crippen LogP contribution in [0.15, 0.2) is 222 Å². The summed E-state index contributed by atoms with van der Waals surface area (Å²) in [7, 11) is 0. The Hall–Kier alpha value is -7.88. The molecule has 0 aliphatic rings. The third-order valence-electron chi connectivity index (χ3n) is 10.7. The van der Waals surface area contributed by atoms with Gasteiger partial charge in [0, 0.05) is 44.2 Å². The molecule has 0 aliphatic carbocycles. The molecule has 3 nitrogen and oxygen atoms in total. The van der Waals surface area contributed by atoms with Crippen LogP contribution in [0.5, 0.6) is 0 Å². The molecule has 0 bridgehead atoms. The van der Waals surface area contributed by atoms with Crippen molar-refractivity contribution in [2.75, 3.05) is 4.90 Å². The van der Waals surface area contributed by atoms with Crippen LogP contribution in [0.4, 0.5) is 17.1 Å². The van der Waals surface area contributed by atoms with Crippen molar-refractivity contribution in [3.05, 3.63) is 218 Å². The summed E-state index contributed by atoms with van der Waals surface area (Å²) < 4.78 is 173. The van der Waals surface area contributed by atoms with Crippen LogP contribution in [0.1, 0.15) is 24.7 Å². The molecule has 0 atom stereocenters. The molecule has 0 fully saturated rings. The summed E-state index contributed by atoms with van der Waals surface area (Å²) in [5.41, 5.74) is 1.46. The largest absolute Gasteiger partial charge is 0.455 e. The van der Waals surface area contributed by atoms with Gasteiger partial charge >= 0.3 is 0 Å². The van der Waals surface area contributed by atoms with Gasteiger partial charge in [0.25, 0.3) is 0 Å². The Kier molecular flexibility index (Phi) is 4.53. The lowest BCUT2D eigenvalue weighted by Crippen LogP contribution is -2.11. The second-order valence-corrected chi connectivity index (χ2v) is 13.9. The molecule has 0 radical (unpaired) electrons. The van der Waals surface area contributed by atoms with Crippen LogP contribution in [0.2, 0.25) is 0 Å². The number of hydrogen-bond acceptors (Lipinski definition) is 2. The minimum absolute atomic E-state index is 0.00884. The van der Waals surface area contributed by atoms with Gasteiger partial charge in [0.15, 0.2) is 0 Å². The van der Waals surface area contributed by atoms with E-state index in [-0.39, 0.29) is 16.8 Å². The SMILES string of the molecule is [2H]c1c([2H])c([2H])c(N(c2ccc3c(oc4ccccc43)c2-c2cccc(-n3c4ccccc4c4ccccc43)c2)c2c([2H])c([2H])c(-c3c([2H])c4c([2H])c([2H])c([2H])c([2H])c4c4c([2H])c([2H])c([2H])c([2H])c34)c([2H])c2[2H])c([2H])c1[2H]. The number of nitrogens with zero attached hydrogens (tertiary/aromatic N) is 2. The van der Waals surface area contributed by atoms with E-state index in [1.54, 1.807) is 30.3 Å². The number of fused-ring (bicyclic) bond motifs is 9. The van der Waals surface area contributed by atoms with Gasteiger partial charge in [-0.05, 0) is 111 Å². The number of para-hydroxylation sites is 4. The molecule has 12 aromatic rings. The molecule has 12 rings (SSSR count). The van der Waals surface area contributed by atoms with E-state index in [0.717, 1.165) is 26.7 Å². The number of rotatable bonds is 6. The highest BCUT2D eigenvalue weighted by Gasteiger charge is 2.24. The smallest absolute Gasteiger partial charge is 0.145 e. The average molecular weight is 771 g/mol. The monoisotopic (exact) mass is 770 g/mol. The lowest BCUT2D eigenvalue weighted by atomic mass is 9.93. The van der Waals surface area contributed by atoms with Gasteiger partial charge in [-0.15, -0.1) is 0 Å². The molecule has 276 valence electrons. The molecular formula is C56H36N2O. The van der Waals surface area contributed by atoms with E-state index < -0.39 is 153 Å². The van der Waals surface area contributed by atoms with Gasteiger partial charge in [-0.1, -0.05) is 145 Å². The van der Waals surface area contributed by atoms with E-state index in [1.165, 1.54) is 0 Å². The molecule has 0 saturated heterocycles. The van der Waals surface area contributed by atoms with Crippen molar-refractivity contribution in [3.8, 4) is 27.9 Å². The zero-order chi connectivity index (χ0) is 54.5. The van der Waals surface area contributed by atoms with Gasteiger partial charge in [0.05, 0.1) is 41.4 Å². The molecular weight excluding hydrogens is 717 g/mol. The Bertz CT molecular complexity index is 4530. The minimum Gasteiger partial charge on any atom is -0.455 e. The van der Waals surface area contributed by atoms with Crippen molar-refractivity contribution in [2.24, 2.45) is 0 Å². The molecule has 0 aliphatic heterocycles. The number of anilines is 3.